The Morgan fingerprint density at radius 1 is 1.29 bits per heavy atom. The van der Waals surface area contributed by atoms with Crippen molar-refractivity contribution in [1.82, 2.24) is 24.7 Å². The van der Waals surface area contributed by atoms with Gasteiger partial charge in [0.2, 0.25) is 0 Å². The molecular weight excluding hydrogens is 358 g/mol. The van der Waals surface area contributed by atoms with Crippen molar-refractivity contribution >= 4 is 23.1 Å². The van der Waals surface area contributed by atoms with E-state index in [9.17, 15) is 4.79 Å². The number of likely N-dealkylation sites (N-methyl/N-ethyl adjacent to an activating group) is 1. The molecule has 0 bridgehead atoms. The van der Waals surface area contributed by atoms with Crippen molar-refractivity contribution in [3.05, 3.63) is 42.2 Å². The number of amides is 1. The van der Waals surface area contributed by atoms with Crippen LogP contribution < -0.4 is 20.3 Å². The summed E-state index contributed by atoms with van der Waals surface area (Å²) in [4.78, 5) is 27.9. The van der Waals surface area contributed by atoms with Crippen LogP contribution in [0.2, 0.25) is 0 Å². The standard InChI is InChI=1S/C19H23N7O2/c1-12-9-26-11-15(16(28-3)6-17(26)23-12)24-19(27)14-7-22-18(8-21-14)25-5-4-13(10-25)20-2/h6-9,11,13,20H,4-5,10H2,1-3H3,(H,24,27). The summed E-state index contributed by atoms with van der Waals surface area (Å²) in [6.45, 7) is 3.72. The summed E-state index contributed by atoms with van der Waals surface area (Å²) in [5.74, 6) is 0.969. The van der Waals surface area contributed by atoms with Gasteiger partial charge >= 0.3 is 0 Å². The molecule has 0 radical (unpaired) electrons. The quantitative estimate of drug-likeness (QED) is 0.691. The van der Waals surface area contributed by atoms with Crippen molar-refractivity contribution in [2.45, 2.75) is 19.4 Å². The Labute approximate surface area is 162 Å². The number of hydrogen-bond acceptors (Lipinski definition) is 7. The third-order valence-electron chi connectivity index (χ3n) is 4.93. The number of methoxy groups -OCH3 is 1. The Bertz CT molecular complexity index is 999. The first-order valence-electron chi connectivity index (χ1n) is 9.16. The third kappa shape index (κ3) is 3.48. The van der Waals surface area contributed by atoms with Gasteiger partial charge in [-0.25, -0.2) is 15.0 Å². The van der Waals surface area contributed by atoms with E-state index in [2.05, 4.69) is 30.5 Å². The SMILES string of the molecule is CNC1CCN(c2cnc(C(=O)Nc3cn4cc(C)nc4cc3OC)cn2)C1. The molecule has 3 aromatic rings. The lowest BCUT2D eigenvalue weighted by atomic mass is 10.3. The number of carbonyl (C=O) groups is 1. The van der Waals surface area contributed by atoms with Crippen LogP contribution in [-0.4, -0.2) is 58.5 Å². The lowest BCUT2D eigenvalue weighted by Crippen LogP contribution is -2.30. The predicted molar refractivity (Wildman–Crippen MR) is 106 cm³/mol. The van der Waals surface area contributed by atoms with Crippen LogP contribution in [0.1, 0.15) is 22.6 Å². The molecule has 146 valence electrons. The van der Waals surface area contributed by atoms with Gasteiger partial charge in [0.05, 0.1) is 25.2 Å². The number of nitrogens with zero attached hydrogens (tertiary/aromatic N) is 5. The highest BCUT2D eigenvalue weighted by atomic mass is 16.5. The number of carbonyl (C=O) groups excluding carboxylic acids is 1. The average Bonchev–Trinajstić information content (AvgIpc) is 3.32. The first kappa shape index (κ1) is 18.2. The van der Waals surface area contributed by atoms with Gasteiger partial charge in [0, 0.05) is 37.6 Å². The van der Waals surface area contributed by atoms with Crippen LogP contribution in [0, 0.1) is 6.92 Å². The molecule has 4 rings (SSSR count). The van der Waals surface area contributed by atoms with Gasteiger partial charge in [-0.2, -0.15) is 0 Å². The molecule has 2 N–H and O–H groups in total. The summed E-state index contributed by atoms with van der Waals surface area (Å²) in [6, 6.07) is 2.24. The molecule has 9 nitrogen and oxygen atoms in total. The van der Waals surface area contributed by atoms with E-state index in [1.54, 1.807) is 25.6 Å². The van der Waals surface area contributed by atoms with Crippen LogP contribution in [0.4, 0.5) is 11.5 Å². The van der Waals surface area contributed by atoms with Gasteiger partial charge in [-0.15, -0.1) is 0 Å². The smallest absolute Gasteiger partial charge is 0.276 e. The molecule has 0 spiro atoms. The van der Waals surface area contributed by atoms with Gasteiger partial charge in [0.25, 0.3) is 5.91 Å². The average molecular weight is 381 g/mol. The second-order valence-electron chi connectivity index (χ2n) is 6.84. The third-order valence-corrected chi connectivity index (χ3v) is 4.93. The summed E-state index contributed by atoms with van der Waals surface area (Å²) in [5, 5.41) is 6.12. The molecule has 1 atom stereocenters. The molecule has 0 saturated carbocycles. The minimum atomic E-state index is -0.344. The molecule has 1 amide bonds. The summed E-state index contributed by atoms with van der Waals surface area (Å²) in [6.07, 6.45) is 7.87. The molecule has 1 saturated heterocycles. The summed E-state index contributed by atoms with van der Waals surface area (Å²) < 4.78 is 7.23. The zero-order valence-electron chi connectivity index (χ0n) is 16.1. The number of imidazole rings is 1. The number of nitrogens with one attached hydrogen (secondary N) is 2. The van der Waals surface area contributed by atoms with Gasteiger partial charge in [-0.3, -0.25) is 4.79 Å². The molecule has 4 heterocycles. The van der Waals surface area contributed by atoms with Crippen molar-refractivity contribution in [2.75, 3.05) is 37.5 Å². The summed E-state index contributed by atoms with van der Waals surface area (Å²) in [5.41, 5.74) is 2.42. The molecule has 1 aliphatic rings. The molecule has 3 aromatic heterocycles. The Morgan fingerprint density at radius 3 is 2.82 bits per heavy atom. The fraction of sp³-hybridized carbons (Fsp3) is 0.368. The van der Waals surface area contributed by atoms with E-state index in [0.717, 1.165) is 36.7 Å². The number of aryl methyl sites for hydroxylation is 1. The van der Waals surface area contributed by atoms with Crippen molar-refractivity contribution in [2.24, 2.45) is 0 Å². The predicted octanol–water partition coefficient (Wildman–Crippen LogP) is 1.49. The molecule has 1 fully saturated rings. The molecule has 1 unspecified atom stereocenters. The fourth-order valence-electron chi connectivity index (χ4n) is 3.40. The fourth-order valence-corrected chi connectivity index (χ4v) is 3.40. The maximum Gasteiger partial charge on any atom is 0.276 e. The van der Waals surface area contributed by atoms with Crippen LogP contribution in [0.25, 0.3) is 5.65 Å². The van der Waals surface area contributed by atoms with E-state index in [0.29, 0.717) is 17.5 Å². The van der Waals surface area contributed by atoms with E-state index in [-0.39, 0.29) is 11.6 Å². The lowest BCUT2D eigenvalue weighted by molar-refractivity contribution is 0.102. The molecule has 0 aliphatic carbocycles. The molecule has 28 heavy (non-hydrogen) atoms. The van der Waals surface area contributed by atoms with Crippen LogP contribution in [0.5, 0.6) is 5.75 Å². The largest absolute Gasteiger partial charge is 0.494 e. The topological polar surface area (TPSA) is 96.7 Å². The Hall–Kier alpha value is -3.20. The minimum Gasteiger partial charge on any atom is -0.494 e. The summed E-state index contributed by atoms with van der Waals surface area (Å²) >= 11 is 0. The zero-order valence-corrected chi connectivity index (χ0v) is 16.1. The summed E-state index contributed by atoms with van der Waals surface area (Å²) in [7, 11) is 3.52. The zero-order chi connectivity index (χ0) is 19.7. The van der Waals surface area contributed by atoms with Crippen molar-refractivity contribution < 1.29 is 9.53 Å². The number of hydrogen-bond donors (Lipinski definition) is 2. The maximum atomic E-state index is 12.6. The highest BCUT2D eigenvalue weighted by Crippen LogP contribution is 2.26. The molecular formula is C19H23N7O2. The highest BCUT2D eigenvalue weighted by molar-refractivity contribution is 6.03. The first-order chi connectivity index (χ1) is 13.6. The van der Waals surface area contributed by atoms with Crippen molar-refractivity contribution in [3.63, 3.8) is 0 Å². The van der Waals surface area contributed by atoms with E-state index in [1.807, 2.05) is 24.6 Å². The van der Waals surface area contributed by atoms with E-state index >= 15 is 0 Å². The van der Waals surface area contributed by atoms with Gasteiger partial charge in [-0.05, 0) is 20.4 Å². The second-order valence-corrected chi connectivity index (χ2v) is 6.84. The van der Waals surface area contributed by atoms with E-state index in [4.69, 9.17) is 4.74 Å². The monoisotopic (exact) mass is 381 g/mol. The Morgan fingerprint density at radius 2 is 2.14 bits per heavy atom. The van der Waals surface area contributed by atoms with E-state index in [1.165, 1.54) is 6.20 Å². The minimum absolute atomic E-state index is 0.247. The van der Waals surface area contributed by atoms with Gasteiger partial charge in [0.1, 0.15) is 28.6 Å². The maximum absolute atomic E-state index is 12.6. The number of fused-ring (bicyclic) bond motifs is 1. The number of rotatable bonds is 5. The highest BCUT2D eigenvalue weighted by Gasteiger charge is 2.22. The number of anilines is 2. The number of aromatic nitrogens is 4. The Kier molecular flexibility index (Phi) is 4.82. The van der Waals surface area contributed by atoms with Crippen LogP contribution in [0.15, 0.2) is 30.9 Å². The van der Waals surface area contributed by atoms with E-state index < -0.39 is 0 Å². The van der Waals surface area contributed by atoms with Gasteiger partial charge < -0.3 is 24.7 Å². The van der Waals surface area contributed by atoms with Crippen LogP contribution in [-0.2, 0) is 0 Å². The molecule has 1 aliphatic heterocycles. The molecule has 0 aromatic carbocycles. The normalized spacial score (nSPS) is 16.5. The lowest BCUT2D eigenvalue weighted by Gasteiger charge is -2.17. The number of pyridine rings is 1. The first-order valence-corrected chi connectivity index (χ1v) is 9.16. The van der Waals surface area contributed by atoms with Gasteiger partial charge in [0.15, 0.2) is 0 Å². The van der Waals surface area contributed by atoms with Crippen LogP contribution in [0.3, 0.4) is 0 Å². The van der Waals surface area contributed by atoms with Crippen LogP contribution >= 0.6 is 0 Å². The number of ether oxygens (including phenoxy) is 1. The van der Waals surface area contributed by atoms with Crippen molar-refractivity contribution in [3.8, 4) is 5.75 Å². The molecule has 9 heteroatoms. The Balaban J connectivity index is 1.51. The van der Waals surface area contributed by atoms with Gasteiger partial charge in [-0.1, -0.05) is 0 Å². The second kappa shape index (κ2) is 7.43. The van der Waals surface area contributed by atoms with Crippen molar-refractivity contribution in [1.29, 1.82) is 0 Å².